The summed E-state index contributed by atoms with van der Waals surface area (Å²) in [5.41, 5.74) is 9.08. The fourth-order valence-electron chi connectivity index (χ4n) is 1.68. The van der Waals surface area contributed by atoms with Crippen molar-refractivity contribution in [3.05, 3.63) is 51.2 Å². The molecule has 0 atom stereocenters. The van der Waals surface area contributed by atoms with Crippen LogP contribution in [0.15, 0.2) is 29.6 Å². The van der Waals surface area contributed by atoms with Crippen molar-refractivity contribution in [3.63, 3.8) is 0 Å². The smallest absolute Gasteiger partial charge is 0.203 e. The molecule has 0 radical (unpaired) electrons. The summed E-state index contributed by atoms with van der Waals surface area (Å²) < 4.78 is 0. The lowest BCUT2D eigenvalue weighted by Crippen LogP contribution is -2.02. The van der Waals surface area contributed by atoms with E-state index < -0.39 is 0 Å². The highest BCUT2D eigenvalue weighted by Gasteiger charge is 2.13. The zero-order valence-corrected chi connectivity index (χ0v) is 10.1. The minimum atomic E-state index is 0.0582. The molecule has 0 fully saturated rings. The highest BCUT2D eigenvalue weighted by Crippen LogP contribution is 2.21. The van der Waals surface area contributed by atoms with Crippen LogP contribution in [-0.4, -0.2) is 5.78 Å². The molecule has 1 aromatic carbocycles. The van der Waals surface area contributed by atoms with Crippen LogP contribution in [0, 0.1) is 13.8 Å². The summed E-state index contributed by atoms with van der Waals surface area (Å²) in [7, 11) is 0. The van der Waals surface area contributed by atoms with Crippen LogP contribution in [-0.2, 0) is 0 Å². The van der Waals surface area contributed by atoms with Crippen molar-refractivity contribution in [2.75, 3.05) is 5.73 Å². The molecular formula is C13H13NOS. The van der Waals surface area contributed by atoms with Crippen LogP contribution in [0.1, 0.15) is 26.4 Å². The third kappa shape index (κ3) is 1.99. The molecule has 16 heavy (non-hydrogen) atoms. The molecular weight excluding hydrogens is 218 g/mol. The summed E-state index contributed by atoms with van der Waals surface area (Å²) in [6.07, 6.45) is 0. The number of benzene rings is 1. The number of rotatable bonds is 2. The highest BCUT2D eigenvalue weighted by atomic mass is 32.1. The van der Waals surface area contributed by atoms with E-state index in [2.05, 4.69) is 0 Å². The molecule has 0 saturated carbocycles. The quantitative estimate of drug-likeness (QED) is 0.637. The van der Waals surface area contributed by atoms with Gasteiger partial charge < -0.3 is 5.73 Å². The number of hydrogen-bond donors (Lipinski definition) is 1. The largest absolute Gasteiger partial charge is 0.399 e. The second-order valence-electron chi connectivity index (χ2n) is 3.89. The molecule has 2 rings (SSSR count). The maximum Gasteiger partial charge on any atom is 0.203 e. The Morgan fingerprint density at radius 2 is 2.00 bits per heavy atom. The molecule has 1 heterocycles. The molecule has 2 aromatic rings. The summed E-state index contributed by atoms with van der Waals surface area (Å²) in [6, 6.07) is 7.42. The molecule has 0 aliphatic rings. The Kier molecular flexibility index (Phi) is 2.79. The van der Waals surface area contributed by atoms with Gasteiger partial charge in [0, 0.05) is 11.3 Å². The zero-order chi connectivity index (χ0) is 11.7. The molecule has 0 bridgehead atoms. The van der Waals surface area contributed by atoms with E-state index in [1.807, 2.05) is 37.4 Å². The third-order valence-electron chi connectivity index (χ3n) is 2.43. The minimum absolute atomic E-state index is 0.0582. The lowest BCUT2D eigenvalue weighted by atomic mass is 10.0. The number of ketones is 1. The van der Waals surface area contributed by atoms with Crippen molar-refractivity contribution >= 4 is 22.8 Å². The fourth-order valence-corrected chi connectivity index (χ4v) is 2.57. The third-order valence-corrected chi connectivity index (χ3v) is 3.45. The maximum absolute atomic E-state index is 12.2. The molecule has 0 aliphatic carbocycles. The standard InChI is InChI=1S/C13H13NOS/c1-8-5-10(7-11(14)6-8)12(15)13-9(2)3-4-16-13/h3-7H,14H2,1-2H3. The molecule has 2 N–H and O–H groups in total. The Bertz CT molecular complexity index is 522. The van der Waals surface area contributed by atoms with Gasteiger partial charge in [-0.15, -0.1) is 11.3 Å². The molecule has 2 nitrogen and oxygen atoms in total. The number of nitrogens with two attached hydrogens (primary N) is 1. The monoisotopic (exact) mass is 231 g/mol. The van der Waals surface area contributed by atoms with E-state index in [0.717, 1.165) is 16.0 Å². The van der Waals surface area contributed by atoms with Crippen LogP contribution in [0.3, 0.4) is 0 Å². The lowest BCUT2D eigenvalue weighted by Gasteiger charge is -2.03. The molecule has 1 aromatic heterocycles. The molecule has 0 unspecified atom stereocenters. The highest BCUT2D eigenvalue weighted by molar-refractivity contribution is 7.12. The normalized spacial score (nSPS) is 10.4. The van der Waals surface area contributed by atoms with E-state index in [1.54, 1.807) is 6.07 Å². The van der Waals surface area contributed by atoms with E-state index in [9.17, 15) is 4.79 Å². The summed E-state index contributed by atoms with van der Waals surface area (Å²) in [6.45, 7) is 3.89. The lowest BCUT2D eigenvalue weighted by molar-refractivity contribution is 0.104. The molecule has 3 heteroatoms. The van der Waals surface area contributed by atoms with E-state index in [0.29, 0.717) is 11.3 Å². The van der Waals surface area contributed by atoms with Crippen LogP contribution in [0.5, 0.6) is 0 Å². The number of anilines is 1. The fraction of sp³-hybridized carbons (Fsp3) is 0.154. The number of carbonyl (C=O) groups is 1. The zero-order valence-electron chi connectivity index (χ0n) is 9.28. The van der Waals surface area contributed by atoms with E-state index in [-0.39, 0.29) is 5.78 Å². The molecule has 82 valence electrons. The Labute approximate surface area is 98.7 Å². The van der Waals surface area contributed by atoms with Crippen molar-refractivity contribution in [3.8, 4) is 0 Å². The van der Waals surface area contributed by atoms with Gasteiger partial charge in [-0.1, -0.05) is 0 Å². The molecule has 0 spiro atoms. The summed E-state index contributed by atoms with van der Waals surface area (Å²) in [4.78, 5) is 13.0. The van der Waals surface area contributed by atoms with Crippen molar-refractivity contribution in [1.82, 2.24) is 0 Å². The van der Waals surface area contributed by atoms with Gasteiger partial charge in [0.1, 0.15) is 0 Å². The summed E-state index contributed by atoms with van der Waals surface area (Å²) in [5, 5.41) is 1.93. The predicted molar refractivity (Wildman–Crippen MR) is 68.1 cm³/mol. The maximum atomic E-state index is 12.2. The molecule has 0 saturated heterocycles. The summed E-state index contributed by atoms with van der Waals surface area (Å²) in [5.74, 6) is 0.0582. The first kappa shape index (κ1) is 10.9. The number of hydrogen-bond acceptors (Lipinski definition) is 3. The number of carbonyl (C=O) groups excluding carboxylic acids is 1. The minimum Gasteiger partial charge on any atom is -0.399 e. The predicted octanol–water partition coefficient (Wildman–Crippen LogP) is 3.18. The SMILES string of the molecule is Cc1cc(N)cc(C(=O)c2sccc2C)c1. The van der Waals surface area contributed by atoms with Gasteiger partial charge in [0.25, 0.3) is 0 Å². The van der Waals surface area contributed by atoms with Crippen molar-refractivity contribution in [1.29, 1.82) is 0 Å². The van der Waals surface area contributed by atoms with Gasteiger partial charge in [-0.3, -0.25) is 4.79 Å². The molecule has 0 amide bonds. The second kappa shape index (κ2) is 4.10. The number of aryl methyl sites for hydroxylation is 2. The topological polar surface area (TPSA) is 43.1 Å². The Morgan fingerprint density at radius 3 is 2.56 bits per heavy atom. The van der Waals surface area contributed by atoms with Gasteiger partial charge in [0.05, 0.1) is 4.88 Å². The Hall–Kier alpha value is -1.61. The van der Waals surface area contributed by atoms with E-state index in [1.165, 1.54) is 11.3 Å². The van der Waals surface area contributed by atoms with Crippen LogP contribution in [0.25, 0.3) is 0 Å². The van der Waals surface area contributed by atoms with Crippen molar-refractivity contribution in [2.24, 2.45) is 0 Å². The van der Waals surface area contributed by atoms with Gasteiger partial charge in [-0.05, 0) is 54.6 Å². The first-order valence-corrected chi connectivity index (χ1v) is 5.92. The van der Waals surface area contributed by atoms with Crippen LogP contribution in [0.4, 0.5) is 5.69 Å². The van der Waals surface area contributed by atoms with Gasteiger partial charge in [0.2, 0.25) is 5.78 Å². The number of thiophene rings is 1. The molecule has 0 aliphatic heterocycles. The van der Waals surface area contributed by atoms with Gasteiger partial charge in [-0.25, -0.2) is 0 Å². The van der Waals surface area contributed by atoms with E-state index in [4.69, 9.17) is 5.73 Å². The second-order valence-corrected chi connectivity index (χ2v) is 4.81. The van der Waals surface area contributed by atoms with Gasteiger partial charge in [-0.2, -0.15) is 0 Å². The first-order valence-electron chi connectivity index (χ1n) is 5.04. The Balaban J connectivity index is 2.45. The van der Waals surface area contributed by atoms with Crippen LogP contribution >= 0.6 is 11.3 Å². The Morgan fingerprint density at radius 1 is 1.25 bits per heavy atom. The van der Waals surface area contributed by atoms with Crippen LogP contribution < -0.4 is 5.73 Å². The average Bonchev–Trinajstić information content (AvgIpc) is 2.62. The van der Waals surface area contributed by atoms with Crippen molar-refractivity contribution < 1.29 is 4.79 Å². The van der Waals surface area contributed by atoms with Gasteiger partial charge in [0.15, 0.2) is 0 Å². The first-order chi connectivity index (χ1) is 7.58. The van der Waals surface area contributed by atoms with E-state index >= 15 is 0 Å². The van der Waals surface area contributed by atoms with Crippen molar-refractivity contribution in [2.45, 2.75) is 13.8 Å². The average molecular weight is 231 g/mol. The number of nitrogen functional groups attached to an aromatic ring is 1. The van der Waals surface area contributed by atoms with Gasteiger partial charge >= 0.3 is 0 Å². The summed E-state index contributed by atoms with van der Waals surface area (Å²) >= 11 is 1.47. The van der Waals surface area contributed by atoms with Crippen LogP contribution in [0.2, 0.25) is 0 Å².